The number of aryl methyl sites for hydroxylation is 2. The largest absolute Gasteiger partial charge is 0.462 e. The molecule has 0 amide bonds. The van der Waals surface area contributed by atoms with Gasteiger partial charge in [-0.15, -0.1) is 0 Å². The van der Waals surface area contributed by atoms with Gasteiger partial charge in [0.1, 0.15) is 0 Å². The van der Waals surface area contributed by atoms with Crippen molar-refractivity contribution in [2.75, 3.05) is 6.61 Å². The monoisotopic (exact) mass is 356 g/mol. The van der Waals surface area contributed by atoms with Crippen LogP contribution in [0.1, 0.15) is 34.7 Å². The lowest BCUT2D eigenvalue weighted by Gasteiger charge is -2.16. The van der Waals surface area contributed by atoms with Crippen LogP contribution in [-0.4, -0.2) is 12.6 Å². The van der Waals surface area contributed by atoms with Crippen molar-refractivity contribution in [2.45, 2.75) is 20.8 Å². The van der Waals surface area contributed by atoms with Gasteiger partial charge in [0.2, 0.25) is 0 Å². The summed E-state index contributed by atoms with van der Waals surface area (Å²) in [6.45, 7) is 6.26. The van der Waals surface area contributed by atoms with Gasteiger partial charge in [-0.3, -0.25) is 0 Å². The molecule has 0 spiro atoms. The van der Waals surface area contributed by atoms with Crippen LogP contribution in [0.3, 0.4) is 0 Å². The second kappa shape index (κ2) is 8.50. The summed E-state index contributed by atoms with van der Waals surface area (Å²) in [4.78, 5) is 13.0. The maximum atomic E-state index is 13.0. The highest BCUT2D eigenvalue weighted by Gasteiger charge is 2.21. The second-order valence-electron chi connectivity index (χ2n) is 6.57. The van der Waals surface area contributed by atoms with Gasteiger partial charge >= 0.3 is 5.97 Å². The van der Waals surface area contributed by atoms with Gasteiger partial charge < -0.3 is 4.74 Å². The van der Waals surface area contributed by atoms with Crippen LogP contribution >= 0.6 is 0 Å². The molecule has 0 N–H and O–H groups in total. The zero-order chi connectivity index (χ0) is 19.2. The number of esters is 1. The third kappa shape index (κ3) is 4.35. The molecule has 0 unspecified atom stereocenters. The molecule has 3 aromatic rings. The molecular weight excluding hydrogens is 332 g/mol. The zero-order valence-corrected chi connectivity index (χ0v) is 16.0. The maximum absolute atomic E-state index is 13.0. The maximum Gasteiger partial charge on any atom is 0.339 e. The molecule has 0 radical (unpaired) electrons. The Labute approximate surface area is 161 Å². The third-order valence-electron chi connectivity index (χ3n) is 4.47. The number of benzene rings is 3. The number of hydrogen-bond donors (Lipinski definition) is 0. The fraction of sp³-hybridized carbons (Fsp3) is 0.160. The predicted molar refractivity (Wildman–Crippen MR) is 111 cm³/mol. The summed E-state index contributed by atoms with van der Waals surface area (Å²) in [6, 6.07) is 26.3. The van der Waals surface area contributed by atoms with Crippen molar-refractivity contribution in [3.8, 4) is 0 Å². The van der Waals surface area contributed by atoms with Gasteiger partial charge in [-0.2, -0.15) is 0 Å². The van der Waals surface area contributed by atoms with E-state index in [2.05, 4.69) is 31.2 Å². The van der Waals surface area contributed by atoms with Crippen LogP contribution in [0, 0.1) is 13.8 Å². The Morgan fingerprint density at radius 1 is 0.704 bits per heavy atom. The van der Waals surface area contributed by atoms with Gasteiger partial charge in [-0.25, -0.2) is 4.79 Å². The first-order valence-electron chi connectivity index (χ1n) is 9.21. The van der Waals surface area contributed by atoms with E-state index in [0.717, 1.165) is 27.8 Å². The van der Waals surface area contributed by atoms with Crippen LogP contribution in [0.25, 0.3) is 11.1 Å². The van der Waals surface area contributed by atoms with Crippen LogP contribution in [0.4, 0.5) is 0 Å². The van der Waals surface area contributed by atoms with Gasteiger partial charge in [0, 0.05) is 5.57 Å². The van der Waals surface area contributed by atoms with E-state index in [1.807, 2.05) is 68.4 Å². The summed E-state index contributed by atoms with van der Waals surface area (Å²) in [6.07, 6.45) is 0. The van der Waals surface area contributed by atoms with Crippen molar-refractivity contribution in [1.29, 1.82) is 0 Å². The van der Waals surface area contributed by atoms with E-state index in [1.54, 1.807) is 0 Å². The summed E-state index contributed by atoms with van der Waals surface area (Å²) in [5.74, 6) is -0.305. The summed E-state index contributed by atoms with van der Waals surface area (Å²) in [7, 11) is 0. The van der Waals surface area contributed by atoms with Crippen molar-refractivity contribution in [3.63, 3.8) is 0 Å². The predicted octanol–water partition coefficient (Wildman–Crippen LogP) is 5.83. The molecule has 27 heavy (non-hydrogen) atoms. The number of hydrogen-bond acceptors (Lipinski definition) is 2. The lowest BCUT2D eigenvalue weighted by molar-refractivity contribution is -0.136. The molecule has 2 nitrogen and oxygen atoms in total. The Balaban J connectivity index is 2.32. The number of ether oxygens (including phenoxy) is 1. The molecule has 136 valence electrons. The molecule has 0 fully saturated rings. The molecule has 0 aliphatic carbocycles. The number of carbonyl (C=O) groups is 1. The van der Waals surface area contributed by atoms with E-state index in [9.17, 15) is 4.79 Å². The minimum absolute atomic E-state index is 0.305. The van der Waals surface area contributed by atoms with Gasteiger partial charge in [0.15, 0.2) is 0 Å². The molecule has 0 aromatic heterocycles. The molecule has 0 saturated carbocycles. The molecule has 2 heteroatoms. The minimum Gasteiger partial charge on any atom is -0.462 e. The molecule has 3 aromatic carbocycles. The topological polar surface area (TPSA) is 26.3 Å². The second-order valence-corrected chi connectivity index (χ2v) is 6.57. The highest BCUT2D eigenvalue weighted by Crippen LogP contribution is 2.33. The van der Waals surface area contributed by atoms with E-state index in [1.165, 1.54) is 5.56 Å². The van der Waals surface area contributed by atoms with Crippen molar-refractivity contribution in [3.05, 3.63) is 107 Å². The first-order valence-corrected chi connectivity index (χ1v) is 9.21. The van der Waals surface area contributed by atoms with Gasteiger partial charge in [-0.1, -0.05) is 90.0 Å². The lowest BCUT2D eigenvalue weighted by atomic mass is 9.89. The van der Waals surface area contributed by atoms with E-state index in [4.69, 9.17) is 4.74 Å². The van der Waals surface area contributed by atoms with Crippen LogP contribution in [0.5, 0.6) is 0 Å². The van der Waals surface area contributed by atoms with Crippen molar-refractivity contribution >= 4 is 17.1 Å². The van der Waals surface area contributed by atoms with E-state index in [-0.39, 0.29) is 5.97 Å². The van der Waals surface area contributed by atoms with Crippen LogP contribution in [-0.2, 0) is 9.53 Å². The van der Waals surface area contributed by atoms with Crippen LogP contribution < -0.4 is 0 Å². The Kier molecular flexibility index (Phi) is 5.87. The Morgan fingerprint density at radius 3 is 1.70 bits per heavy atom. The molecule has 0 bridgehead atoms. The standard InChI is InChI=1S/C25H24O2/c1-4-27-25(26)24(22-16-12-19(3)13-17-22)23(20-8-6-5-7-9-20)21-14-10-18(2)11-15-21/h5-17H,4H2,1-3H3/b24-23-. The number of carbonyl (C=O) groups excluding carboxylic acids is 1. The zero-order valence-electron chi connectivity index (χ0n) is 16.0. The van der Waals surface area contributed by atoms with E-state index in [0.29, 0.717) is 12.2 Å². The fourth-order valence-corrected chi connectivity index (χ4v) is 3.07. The average Bonchev–Trinajstić information content (AvgIpc) is 2.69. The molecular formula is C25H24O2. The molecule has 0 heterocycles. The van der Waals surface area contributed by atoms with Gasteiger partial charge in [-0.05, 0) is 37.5 Å². The van der Waals surface area contributed by atoms with E-state index >= 15 is 0 Å². The van der Waals surface area contributed by atoms with Gasteiger partial charge in [0.25, 0.3) is 0 Å². The van der Waals surface area contributed by atoms with Gasteiger partial charge in [0.05, 0.1) is 12.2 Å². The molecule has 0 atom stereocenters. The van der Waals surface area contributed by atoms with Crippen LogP contribution in [0.15, 0.2) is 78.9 Å². The summed E-state index contributed by atoms with van der Waals surface area (Å²) < 4.78 is 5.44. The lowest BCUT2D eigenvalue weighted by Crippen LogP contribution is -2.10. The number of rotatable bonds is 5. The highest BCUT2D eigenvalue weighted by molar-refractivity contribution is 6.26. The smallest absolute Gasteiger partial charge is 0.339 e. The molecule has 0 aliphatic rings. The van der Waals surface area contributed by atoms with E-state index < -0.39 is 0 Å². The summed E-state index contributed by atoms with van der Waals surface area (Å²) >= 11 is 0. The SMILES string of the molecule is CCOC(=O)/C(=C(/c1ccccc1)c1ccc(C)cc1)c1ccc(C)cc1. The third-order valence-corrected chi connectivity index (χ3v) is 4.47. The quantitative estimate of drug-likeness (QED) is 0.327. The van der Waals surface area contributed by atoms with Crippen molar-refractivity contribution in [1.82, 2.24) is 0 Å². The van der Waals surface area contributed by atoms with Crippen molar-refractivity contribution in [2.24, 2.45) is 0 Å². The fourth-order valence-electron chi connectivity index (χ4n) is 3.07. The average molecular weight is 356 g/mol. The summed E-state index contributed by atoms with van der Waals surface area (Å²) in [5.41, 5.74) is 6.65. The summed E-state index contributed by atoms with van der Waals surface area (Å²) in [5, 5.41) is 0. The minimum atomic E-state index is -0.305. The highest BCUT2D eigenvalue weighted by atomic mass is 16.5. The molecule has 0 saturated heterocycles. The van der Waals surface area contributed by atoms with Crippen LogP contribution in [0.2, 0.25) is 0 Å². The Morgan fingerprint density at radius 2 is 1.19 bits per heavy atom. The Hall–Kier alpha value is -3.13. The van der Waals surface area contributed by atoms with Crippen molar-refractivity contribution < 1.29 is 9.53 Å². The Bertz CT molecular complexity index is 934. The molecule has 3 rings (SSSR count). The molecule has 0 aliphatic heterocycles. The first-order chi connectivity index (χ1) is 13.1. The first kappa shape index (κ1) is 18.7. The normalized spacial score (nSPS) is 11.7.